The number of sulfonamides is 1. The number of hydrogen-bond acceptors (Lipinski definition) is 4. The zero-order valence-electron chi connectivity index (χ0n) is 12.9. The molecule has 0 spiro atoms. The number of H-pyrrole nitrogens is 1. The van der Waals surface area contributed by atoms with E-state index in [1.165, 1.54) is 10.6 Å². The lowest BCUT2D eigenvalue weighted by Crippen LogP contribution is -2.43. The van der Waals surface area contributed by atoms with Crippen LogP contribution in [0.4, 0.5) is 0 Å². The molecule has 0 aliphatic carbocycles. The van der Waals surface area contributed by atoms with Gasteiger partial charge in [0.15, 0.2) is 5.82 Å². The summed E-state index contributed by atoms with van der Waals surface area (Å²) in [5.74, 6) is 0.145. The standard InChI is InChI=1S/C15H20N4O3S/c1-23(21,22)19-8-4-5-11(10-19)9-16-15(20)14-17-12-6-2-3-7-13(12)18-14/h2-3,6-7,11H,4-5,8-10H2,1H3,(H,16,20)(H,17,18). The van der Waals surface area contributed by atoms with Gasteiger partial charge in [-0.05, 0) is 30.9 Å². The van der Waals surface area contributed by atoms with Gasteiger partial charge in [0.25, 0.3) is 5.91 Å². The van der Waals surface area contributed by atoms with Crippen molar-refractivity contribution in [1.29, 1.82) is 0 Å². The maximum absolute atomic E-state index is 12.2. The van der Waals surface area contributed by atoms with Gasteiger partial charge in [0, 0.05) is 19.6 Å². The molecule has 1 amide bonds. The van der Waals surface area contributed by atoms with Crippen LogP contribution in [-0.2, 0) is 10.0 Å². The first-order valence-electron chi connectivity index (χ1n) is 7.61. The van der Waals surface area contributed by atoms with Crippen molar-refractivity contribution >= 4 is 27.0 Å². The molecule has 1 aliphatic heterocycles. The Morgan fingerprint density at radius 3 is 2.96 bits per heavy atom. The molecule has 0 saturated carbocycles. The van der Waals surface area contributed by atoms with Gasteiger partial charge >= 0.3 is 0 Å². The van der Waals surface area contributed by atoms with Gasteiger partial charge in [-0.2, -0.15) is 0 Å². The molecule has 23 heavy (non-hydrogen) atoms. The van der Waals surface area contributed by atoms with Crippen molar-refractivity contribution in [1.82, 2.24) is 19.6 Å². The number of rotatable bonds is 4. The summed E-state index contributed by atoms with van der Waals surface area (Å²) < 4.78 is 24.7. The van der Waals surface area contributed by atoms with E-state index in [2.05, 4.69) is 15.3 Å². The molecule has 2 N–H and O–H groups in total. The summed E-state index contributed by atoms with van der Waals surface area (Å²) in [6, 6.07) is 7.45. The van der Waals surface area contributed by atoms with Crippen LogP contribution in [-0.4, -0.2) is 54.5 Å². The molecule has 1 atom stereocenters. The SMILES string of the molecule is CS(=O)(=O)N1CCCC(CNC(=O)c2nc3ccccc3[nH]2)C1. The Morgan fingerprint density at radius 2 is 2.22 bits per heavy atom. The third kappa shape index (κ3) is 3.70. The quantitative estimate of drug-likeness (QED) is 0.869. The maximum atomic E-state index is 12.2. The molecular formula is C15H20N4O3S. The molecule has 2 heterocycles. The van der Waals surface area contributed by atoms with Crippen molar-refractivity contribution in [2.45, 2.75) is 12.8 Å². The third-order valence-corrected chi connectivity index (χ3v) is 5.38. The van der Waals surface area contributed by atoms with E-state index in [-0.39, 0.29) is 17.6 Å². The van der Waals surface area contributed by atoms with Gasteiger partial charge in [-0.15, -0.1) is 0 Å². The summed E-state index contributed by atoms with van der Waals surface area (Å²) in [7, 11) is -3.16. The van der Waals surface area contributed by atoms with E-state index in [4.69, 9.17) is 0 Å². The second-order valence-corrected chi connectivity index (χ2v) is 7.92. The lowest BCUT2D eigenvalue weighted by Gasteiger charge is -2.30. The van der Waals surface area contributed by atoms with E-state index < -0.39 is 10.0 Å². The number of nitrogens with one attached hydrogen (secondary N) is 2. The predicted molar refractivity (Wildman–Crippen MR) is 87.6 cm³/mol. The third-order valence-electron chi connectivity index (χ3n) is 4.11. The summed E-state index contributed by atoms with van der Waals surface area (Å²) in [4.78, 5) is 19.4. The topological polar surface area (TPSA) is 95.2 Å². The van der Waals surface area contributed by atoms with Crippen molar-refractivity contribution in [3.63, 3.8) is 0 Å². The van der Waals surface area contributed by atoms with Crippen LogP contribution in [0.25, 0.3) is 11.0 Å². The zero-order chi connectivity index (χ0) is 16.4. The van der Waals surface area contributed by atoms with E-state index in [1.54, 1.807) is 0 Å². The number of aromatic nitrogens is 2. The van der Waals surface area contributed by atoms with Crippen LogP contribution >= 0.6 is 0 Å². The number of imidazole rings is 1. The fourth-order valence-corrected chi connectivity index (χ4v) is 3.82. The second-order valence-electron chi connectivity index (χ2n) is 5.94. The molecule has 0 radical (unpaired) electrons. The summed E-state index contributed by atoms with van der Waals surface area (Å²) in [6.45, 7) is 1.47. The Labute approximate surface area is 135 Å². The summed E-state index contributed by atoms with van der Waals surface area (Å²) >= 11 is 0. The van der Waals surface area contributed by atoms with Gasteiger partial charge in [-0.25, -0.2) is 17.7 Å². The van der Waals surface area contributed by atoms with E-state index in [0.717, 1.165) is 23.9 Å². The van der Waals surface area contributed by atoms with Gasteiger partial charge in [-0.3, -0.25) is 4.79 Å². The van der Waals surface area contributed by atoms with Gasteiger partial charge in [0.2, 0.25) is 10.0 Å². The fourth-order valence-electron chi connectivity index (χ4n) is 2.88. The largest absolute Gasteiger partial charge is 0.349 e. The minimum atomic E-state index is -3.16. The highest BCUT2D eigenvalue weighted by molar-refractivity contribution is 7.88. The first kappa shape index (κ1) is 15.9. The molecule has 1 fully saturated rings. The minimum absolute atomic E-state index is 0.131. The van der Waals surface area contributed by atoms with Crippen LogP contribution in [0.1, 0.15) is 23.5 Å². The van der Waals surface area contributed by atoms with Gasteiger partial charge in [-0.1, -0.05) is 12.1 Å². The summed E-state index contributed by atoms with van der Waals surface area (Å²) in [6.07, 6.45) is 2.95. The summed E-state index contributed by atoms with van der Waals surface area (Å²) in [5, 5.41) is 2.85. The van der Waals surface area contributed by atoms with E-state index in [1.807, 2.05) is 24.3 Å². The van der Waals surface area contributed by atoms with Crippen LogP contribution in [0.15, 0.2) is 24.3 Å². The van der Waals surface area contributed by atoms with Gasteiger partial charge < -0.3 is 10.3 Å². The van der Waals surface area contributed by atoms with E-state index in [9.17, 15) is 13.2 Å². The Bertz CT molecular complexity index is 782. The van der Waals surface area contributed by atoms with Crippen LogP contribution in [0, 0.1) is 5.92 Å². The number of aromatic amines is 1. The molecule has 8 heteroatoms. The number of carbonyl (C=O) groups excluding carboxylic acids is 1. The highest BCUT2D eigenvalue weighted by Gasteiger charge is 2.26. The van der Waals surface area contributed by atoms with Crippen molar-refractivity contribution < 1.29 is 13.2 Å². The van der Waals surface area contributed by atoms with Crippen LogP contribution in [0.2, 0.25) is 0 Å². The fraction of sp³-hybridized carbons (Fsp3) is 0.467. The normalized spacial score (nSPS) is 19.8. The van der Waals surface area contributed by atoms with Crippen LogP contribution in [0.5, 0.6) is 0 Å². The Balaban J connectivity index is 1.60. The number of piperidine rings is 1. The molecule has 1 unspecified atom stereocenters. The number of fused-ring (bicyclic) bond motifs is 1. The zero-order valence-corrected chi connectivity index (χ0v) is 13.8. The molecule has 0 bridgehead atoms. The Hall–Kier alpha value is -1.93. The van der Waals surface area contributed by atoms with Crippen molar-refractivity contribution in [3.8, 4) is 0 Å². The van der Waals surface area contributed by atoms with E-state index in [0.29, 0.717) is 19.6 Å². The minimum Gasteiger partial charge on any atom is -0.349 e. The first-order valence-corrected chi connectivity index (χ1v) is 9.46. The monoisotopic (exact) mass is 336 g/mol. The van der Waals surface area contributed by atoms with Gasteiger partial charge in [0.05, 0.1) is 17.3 Å². The first-order chi connectivity index (χ1) is 10.9. The highest BCUT2D eigenvalue weighted by Crippen LogP contribution is 2.18. The number of amides is 1. The van der Waals surface area contributed by atoms with Crippen molar-refractivity contribution in [2.75, 3.05) is 25.9 Å². The van der Waals surface area contributed by atoms with Crippen LogP contribution < -0.4 is 5.32 Å². The molecule has 1 aromatic carbocycles. The molecular weight excluding hydrogens is 316 g/mol. The number of carbonyl (C=O) groups is 1. The molecule has 3 rings (SSSR count). The lowest BCUT2D eigenvalue weighted by molar-refractivity contribution is 0.0932. The number of benzene rings is 1. The van der Waals surface area contributed by atoms with Crippen molar-refractivity contribution in [2.24, 2.45) is 5.92 Å². The van der Waals surface area contributed by atoms with E-state index >= 15 is 0 Å². The lowest BCUT2D eigenvalue weighted by atomic mass is 10.00. The molecule has 1 aromatic heterocycles. The van der Waals surface area contributed by atoms with Crippen LogP contribution in [0.3, 0.4) is 0 Å². The molecule has 2 aromatic rings. The second kappa shape index (κ2) is 6.29. The number of para-hydroxylation sites is 2. The number of nitrogens with zero attached hydrogens (tertiary/aromatic N) is 2. The molecule has 124 valence electrons. The average molecular weight is 336 g/mol. The van der Waals surface area contributed by atoms with Gasteiger partial charge in [0.1, 0.15) is 0 Å². The molecule has 1 aliphatic rings. The smallest absolute Gasteiger partial charge is 0.287 e. The predicted octanol–water partition coefficient (Wildman–Crippen LogP) is 0.964. The number of hydrogen-bond donors (Lipinski definition) is 2. The van der Waals surface area contributed by atoms with Crippen molar-refractivity contribution in [3.05, 3.63) is 30.1 Å². The molecule has 1 saturated heterocycles. The Morgan fingerprint density at radius 1 is 1.43 bits per heavy atom. The maximum Gasteiger partial charge on any atom is 0.287 e. The highest BCUT2D eigenvalue weighted by atomic mass is 32.2. The molecule has 7 nitrogen and oxygen atoms in total. The summed E-state index contributed by atoms with van der Waals surface area (Å²) in [5.41, 5.74) is 1.57. The average Bonchev–Trinajstić information content (AvgIpc) is 2.96. The Kier molecular flexibility index (Phi) is 4.36.